The Morgan fingerprint density at radius 3 is 2.76 bits per heavy atom. The number of ether oxygens (including phenoxy) is 1. The molecule has 1 atom stereocenters. The molecule has 5 nitrogen and oxygen atoms in total. The number of para-hydroxylation sites is 2. The highest BCUT2D eigenvalue weighted by molar-refractivity contribution is 5.87. The van der Waals surface area contributed by atoms with Crippen LogP contribution >= 0.6 is 0 Å². The number of benzene rings is 2. The summed E-state index contributed by atoms with van der Waals surface area (Å²) in [5, 5.41) is 11.8. The van der Waals surface area contributed by atoms with E-state index in [4.69, 9.17) is 4.74 Å². The molecule has 0 amide bonds. The zero-order chi connectivity index (χ0) is 17.4. The summed E-state index contributed by atoms with van der Waals surface area (Å²) in [7, 11) is 1.56. The monoisotopic (exact) mass is 333 g/mol. The van der Waals surface area contributed by atoms with Crippen molar-refractivity contribution in [1.82, 2.24) is 14.5 Å². The minimum absolute atomic E-state index is 0.144. The van der Waals surface area contributed by atoms with Crippen molar-refractivity contribution < 1.29 is 9.84 Å². The quantitative estimate of drug-likeness (QED) is 0.593. The summed E-state index contributed by atoms with van der Waals surface area (Å²) in [6.45, 7) is 2.08. The zero-order valence-electron chi connectivity index (χ0n) is 14.1. The van der Waals surface area contributed by atoms with E-state index < -0.39 is 0 Å². The Morgan fingerprint density at radius 2 is 2.00 bits per heavy atom. The Hall–Kier alpha value is -3.21. The van der Waals surface area contributed by atoms with E-state index in [1.165, 1.54) is 5.56 Å². The van der Waals surface area contributed by atoms with Gasteiger partial charge in [-0.1, -0.05) is 30.3 Å². The Morgan fingerprint density at radius 1 is 1.16 bits per heavy atom. The van der Waals surface area contributed by atoms with Gasteiger partial charge in [-0.3, -0.25) is 0 Å². The largest absolute Gasteiger partial charge is 0.504 e. The van der Waals surface area contributed by atoms with E-state index in [1.54, 1.807) is 25.7 Å². The van der Waals surface area contributed by atoms with Crippen LogP contribution in [0.2, 0.25) is 0 Å². The number of imidazole rings is 1. The number of nitrogens with zero attached hydrogens (tertiary/aromatic N) is 2. The maximum Gasteiger partial charge on any atom is 0.163 e. The van der Waals surface area contributed by atoms with E-state index in [0.29, 0.717) is 5.75 Å². The number of aromatic hydroxyl groups is 1. The van der Waals surface area contributed by atoms with Crippen molar-refractivity contribution in [3.05, 3.63) is 78.0 Å². The van der Waals surface area contributed by atoms with Gasteiger partial charge >= 0.3 is 0 Å². The third kappa shape index (κ3) is 2.45. The highest BCUT2D eigenvalue weighted by Gasteiger charge is 2.24. The van der Waals surface area contributed by atoms with Crippen molar-refractivity contribution in [2.24, 2.45) is 0 Å². The fourth-order valence-corrected chi connectivity index (χ4v) is 3.39. The smallest absolute Gasteiger partial charge is 0.163 e. The number of aryl methyl sites for hydroxylation is 1. The summed E-state index contributed by atoms with van der Waals surface area (Å²) < 4.78 is 7.28. The number of rotatable bonds is 4. The lowest BCUT2D eigenvalue weighted by atomic mass is 9.96. The van der Waals surface area contributed by atoms with Crippen molar-refractivity contribution >= 4 is 10.9 Å². The first-order chi connectivity index (χ1) is 12.2. The van der Waals surface area contributed by atoms with Crippen molar-refractivity contribution in [2.45, 2.75) is 13.0 Å². The molecule has 0 fully saturated rings. The number of hydrogen-bond acceptors (Lipinski definition) is 3. The van der Waals surface area contributed by atoms with Crippen molar-refractivity contribution in [3.63, 3.8) is 0 Å². The van der Waals surface area contributed by atoms with E-state index in [1.807, 2.05) is 35.2 Å². The third-order valence-electron chi connectivity index (χ3n) is 4.62. The second-order valence-corrected chi connectivity index (χ2v) is 6.05. The normalized spacial score (nSPS) is 12.4. The molecule has 5 heteroatoms. The van der Waals surface area contributed by atoms with E-state index in [2.05, 4.69) is 29.0 Å². The van der Waals surface area contributed by atoms with Gasteiger partial charge in [-0.2, -0.15) is 0 Å². The molecule has 2 N–H and O–H groups in total. The molecule has 0 saturated carbocycles. The van der Waals surface area contributed by atoms with Crippen LogP contribution in [-0.4, -0.2) is 26.8 Å². The van der Waals surface area contributed by atoms with Crippen LogP contribution < -0.4 is 4.74 Å². The van der Waals surface area contributed by atoms with Crippen LogP contribution in [0.4, 0.5) is 0 Å². The molecule has 0 radical (unpaired) electrons. The van der Waals surface area contributed by atoms with Gasteiger partial charge in [0.25, 0.3) is 0 Å². The average molecular weight is 333 g/mol. The van der Waals surface area contributed by atoms with Gasteiger partial charge < -0.3 is 19.4 Å². The fourth-order valence-electron chi connectivity index (χ4n) is 3.39. The number of methoxy groups -OCH3 is 1. The number of fused-ring (bicyclic) bond motifs is 1. The summed E-state index contributed by atoms with van der Waals surface area (Å²) in [6.07, 6.45) is 7.40. The molecule has 4 rings (SSSR count). The van der Waals surface area contributed by atoms with Crippen LogP contribution in [-0.2, 0) is 0 Å². The van der Waals surface area contributed by atoms with E-state index in [9.17, 15) is 5.11 Å². The Kier molecular flexibility index (Phi) is 3.69. The number of phenolic OH excluding ortho intramolecular Hbond substituents is 1. The number of nitrogens with one attached hydrogen (secondary N) is 1. The predicted octanol–water partition coefficient (Wildman–Crippen LogP) is 4.02. The SMILES string of the molecule is COc1cccc(C(c2c[nH]c3c(C)cccc23)n2ccnc2)c1O. The minimum atomic E-state index is -0.215. The van der Waals surface area contributed by atoms with E-state index in [0.717, 1.165) is 22.0 Å². The van der Waals surface area contributed by atoms with Crippen molar-refractivity contribution in [1.29, 1.82) is 0 Å². The highest BCUT2D eigenvalue weighted by atomic mass is 16.5. The molecule has 1 unspecified atom stereocenters. The molecule has 0 aliphatic heterocycles. The van der Waals surface area contributed by atoms with Crippen LogP contribution in [0.5, 0.6) is 11.5 Å². The summed E-state index contributed by atoms with van der Waals surface area (Å²) in [6, 6.07) is 11.6. The molecule has 2 aromatic carbocycles. The van der Waals surface area contributed by atoms with Crippen LogP contribution in [0.1, 0.15) is 22.7 Å². The maximum absolute atomic E-state index is 10.7. The molecule has 0 spiro atoms. The molecular weight excluding hydrogens is 314 g/mol. The van der Waals surface area contributed by atoms with Gasteiger partial charge in [0.15, 0.2) is 11.5 Å². The molecule has 2 heterocycles. The number of hydrogen-bond donors (Lipinski definition) is 2. The molecule has 0 aliphatic rings. The molecular formula is C20H19N3O2. The van der Waals surface area contributed by atoms with Gasteiger partial charge in [-0.25, -0.2) is 4.98 Å². The number of aromatic nitrogens is 3. The lowest BCUT2D eigenvalue weighted by Crippen LogP contribution is -2.11. The van der Waals surface area contributed by atoms with Gasteiger partial charge in [-0.15, -0.1) is 0 Å². The molecule has 0 saturated heterocycles. The molecule has 4 aromatic rings. The molecule has 126 valence electrons. The molecule has 0 aliphatic carbocycles. The molecule has 2 aromatic heterocycles. The van der Waals surface area contributed by atoms with Gasteiger partial charge in [0, 0.05) is 40.6 Å². The predicted molar refractivity (Wildman–Crippen MR) is 97.2 cm³/mol. The average Bonchev–Trinajstić information content (AvgIpc) is 3.28. The van der Waals surface area contributed by atoms with Crippen LogP contribution in [0.15, 0.2) is 61.3 Å². The molecule has 25 heavy (non-hydrogen) atoms. The van der Waals surface area contributed by atoms with Gasteiger partial charge in [0.1, 0.15) is 0 Å². The van der Waals surface area contributed by atoms with Crippen LogP contribution in [0.25, 0.3) is 10.9 Å². The van der Waals surface area contributed by atoms with Crippen LogP contribution in [0.3, 0.4) is 0 Å². The number of aromatic amines is 1. The van der Waals surface area contributed by atoms with Crippen molar-refractivity contribution in [2.75, 3.05) is 7.11 Å². The molecule has 0 bridgehead atoms. The first-order valence-electron chi connectivity index (χ1n) is 8.10. The third-order valence-corrected chi connectivity index (χ3v) is 4.62. The lowest BCUT2D eigenvalue weighted by molar-refractivity contribution is 0.368. The Bertz CT molecular complexity index is 1020. The van der Waals surface area contributed by atoms with Crippen molar-refractivity contribution in [3.8, 4) is 11.5 Å². The second kappa shape index (κ2) is 6.02. The minimum Gasteiger partial charge on any atom is -0.504 e. The first-order valence-corrected chi connectivity index (χ1v) is 8.10. The lowest BCUT2D eigenvalue weighted by Gasteiger charge is -2.21. The summed E-state index contributed by atoms with van der Waals surface area (Å²) in [4.78, 5) is 7.56. The van der Waals surface area contributed by atoms with Gasteiger partial charge in [0.2, 0.25) is 0 Å². The Balaban J connectivity index is 1.98. The first kappa shape index (κ1) is 15.3. The van der Waals surface area contributed by atoms with Gasteiger partial charge in [-0.05, 0) is 18.6 Å². The topological polar surface area (TPSA) is 63.1 Å². The maximum atomic E-state index is 10.7. The zero-order valence-corrected chi connectivity index (χ0v) is 14.1. The van der Waals surface area contributed by atoms with Crippen LogP contribution in [0, 0.1) is 6.92 Å². The number of phenols is 1. The standard InChI is InChI=1S/C20H19N3O2/c1-13-5-3-6-14-16(11-22-18(13)14)19(23-10-9-21-12-23)15-7-4-8-17(25-2)20(15)24/h3-12,19,22,24H,1-2H3. The van der Waals surface area contributed by atoms with Gasteiger partial charge in [0.05, 0.1) is 19.5 Å². The van der Waals surface area contributed by atoms with E-state index in [-0.39, 0.29) is 11.8 Å². The summed E-state index contributed by atoms with van der Waals surface area (Å²) in [5.41, 5.74) is 4.12. The Labute approximate surface area is 145 Å². The highest BCUT2D eigenvalue weighted by Crippen LogP contribution is 2.40. The van der Waals surface area contributed by atoms with E-state index >= 15 is 0 Å². The second-order valence-electron chi connectivity index (χ2n) is 6.05. The summed E-state index contributed by atoms with van der Waals surface area (Å²) >= 11 is 0. The number of H-pyrrole nitrogens is 1. The fraction of sp³-hybridized carbons (Fsp3) is 0.150. The summed E-state index contributed by atoms with van der Waals surface area (Å²) in [5.74, 6) is 0.601.